The highest BCUT2D eigenvalue weighted by atomic mass is 35.5. The molecule has 126 valence electrons. The fourth-order valence-corrected chi connectivity index (χ4v) is 3.24. The maximum Gasteiger partial charge on any atom is 0.222 e. The number of fused-ring (bicyclic) bond motifs is 1. The lowest BCUT2D eigenvalue weighted by atomic mass is 9.83. The number of pyridine rings is 1. The van der Waals surface area contributed by atoms with Crippen LogP contribution in [-0.4, -0.2) is 17.9 Å². The molecule has 1 aliphatic heterocycles. The molecule has 5 heteroatoms. The van der Waals surface area contributed by atoms with Gasteiger partial charge in [-0.05, 0) is 17.7 Å². The molecule has 0 atom stereocenters. The number of aromatic hydroxyl groups is 1. The Kier molecular flexibility index (Phi) is 4.99. The molecule has 0 saturated carbocycles. The zero-order valence-corrected chi connectivity index (χ0v) is 14.8. The Bertz CT molecular complexity index is 799. The van der Waals surface area contributed by atoms with E-state index in [0.717, 1.165) is 11.4 Å². The Labute approximate surface area is 148 Å². The largest absolute Gasteiger partial charge is 1.00 e. The van der Waals surface area contributed by atoms with E-state index in [2.05, 4.69) is 30.9 Å². The zero-order chi connectivity index (χ0) is 16.6. The highest BCUT2D eigenvalue weighted by Gasteiger charge is 2.38. The molecule has 1 aromatic heterocycles. The average molecular weight is 345 g/mol. The van der Waals surface area contributed by atoms with Crippen molar-refractivity contribution < 1.29 is 26.9 Å². The minimum absolute atomic E-state index is 0. The number of ketones is 1. The van der Waals surface area contributed by atoms with Crippen LogP contribution in [0, 0.1) is 0 Å². The SMILES string of the molecule is CN1C(=CC(=O)C[n+]2cccc(O)c2)C(C)(C)c2ccccc21.[Cl-]. The third kappa shape index (κ3) is 3.15. The summed E-state index contributed by atoms with van der Waals surface area (Å²) in [6.45, 7) is 4.48. The summed E-state index contributed by atoms with van der Waals surface area (Å²) in [6, 6.07) is 11.5. The number of halogens is 1. The summed E-state index contributed by atoms with van der Waals surface area (Å²) in [7, 11) is 1.99. The topological polar surface area (TPSA) is 44.4 Å². The van der Waals surface area contributed by atoms with Gasteiger partial charge in [0, 0.05) is 36.0 Å². The minimum Gasteiger partial charge on any atom is -1.00 e. The number of carbonyl (C=O) groups excluding carboxylic acids is 1. The summed E-state index contributed by atoms with van der Waals surface area (Å²) in [6.07, 6.45) is 5.04. The second-order valence-electron chi connectivity index (χ2n) is 6.43. The van der Waals surface area contributed by atoms with Gasteiger partial charge in [0.1, 0.15) is 0 Å². The van der Waals surface area contributed by atoms with E-state index in [1.54, 1.807) is 35.2 Å². The number of hydrogen-bond donors (Lipinski definition) is 1. The van der Waals surface area contributed by atoms with Gasteiger partial charge in [-0.3, -0.25) is 4.79 Å². The van der Waals surface area contributed by atoms with Crippen molar-refractivity contribution in [1.29, 1.82) is 0 Å². The predicted octanol–water partition coefficient (Wildman–Crippen LogP) is -0.436. The molecular formula is C19H21ClN2O2. The molecule has 0 unspecified atom stereocenters. The minimum atomic E-state index is -0.204. The number of rotatable bonds is 3. The van der Waals surface area contributed by atoms with Crippen molar-refractivity contribution in [3.8, 4) is 5.75 Å². The van der Waals surface area contributed by atoms with E-state index in [1.165, 1.54) is 5.56 Å². The molecule has 0 amide bonds. The number of likely N-dealkylation sites (N-methyl/N-ethyl adjacent to an activating group) is 1. The van der Waals surface area contributed by atoms with Crippen LogP contribution in [0.25, 0.3) is 0 Å². The predicted molar refractivity (Wildman–Crippen MR) is 89.3 cm³/mol. The normalized spacial score (nSPS) is 16.6. The lowest BCUT2D eigenvalue weighted by Gasteiger charge is -2.23. The van der Waals surface area contributed by atoms with Crippen LogP contribution in [0.5, 0.6) is 5.75 Å². The molecule has 1 N–H and O–H groups in total. The van der Waals surface area contributed by atoms with Crippen molar-refractivity contribution in [2.45, 2.75) is 25.8 Å². The number of para-hydroxylation sites is 1. The first-order valence-electron chi connectivity index (χ1n) is 7.66. The fourth-order valence-electron chi connectivity index (χ4n) is 3.24. The van der Waals surface area contributed by atoms with Crippen LogP contribution >= 0.6 is 0 Å². The number of carbonyl (C=O) groups is 1. The van der Waals surface area contributed by atoms with Crippen LogP contribution in [0.2, 0.25) is 0 Å². The summed E-state index contributed by atoms with van der Waals surface area (Å²) in [5.74, 6) is 0.155. The smallest absolute Gasteiger partial charge is 0.222 e. The molecule has 2 heterocycles. The van der Waals surface area contributed by atoms with Gasteiger partial charge in [-0.1, -0.05) is 32.0 Å². The summed E-state index contributed by atoms with van der Waals surface area (Å²) >= 11 is 0. The van der Waals surface area contributed by atoms with Gasteiger partial charge in [0.2, 0.25) is 18.5 Å². The average Bonchev–Trinajstić information content (AvgIpc) is 2.69. The van der Waals surface area contributed by atoms with E-state index in [-0.39, 0.29) is 35.9 Å². The van der Waals surface area contributed by atoms with E-state index < -0.39 is 0 Å². The number of hydrogen-bond acceptors (Lipinski definition) is 3. The Morgan fingerprint density at radius 2 is 1.96 bits per heavy atom. The summed E-state index contributed by atoms with van der Waals surface area (Å²) in [5.41, 5.74) is 3.15. The highest BCUT2D eigenvalue weighted by Crippen LogP contribution is 2.46. The fraction of sp³-hybridized carbons (Fsp3) is 0.263. The van der Waals surface area contributed by atoms with Gasteiger partial charge in [0.15, 0.2) is 11.9 Å². The molecule has 0 aliphatic carbocycles. The lowest BCUT2D eigenvalue weighted by Crippen LogP contribution is -3.00. The van der Waals surface area contributed by atoms with E-state index in [1.807, 2.05) is 19.2 Å². The molecule has 0 fully saturated rings. The molecule has 0 bridgehead atoms. The van der Waals surface area contributed by atoms with Gasteiger partial charge >= 0.3 is 0 Å². The van der Waals surface area contributed by atoms with Gasteiger partial charge in [0.05, 0.1) is 0 Å². The van der Waals surface area contributed by atoms with Crippen LogP contribution < -0.4 is 21.9 Å². The first-order valence-corrected chi connectivity index (χ1v) is 7.66. The van der Waals surface area contributed by atoms with Crippen LogP contribution in [0.4, 0.5) is 5.69 Å². The first kappa shape index (κ1) is 18.0. The van der Waals surface area contributed by atoms with Gasteiger partial charge in [0.25, 0.3) is 0 Å². The molecule has 1 aromatic carbocycles. The van der Waals surface area contributed by atoms with Crippen molar-refractivity contribution >= 4 is 11.5 Å². The Hall–Kier alpha value is -2.33. The summed E-state index contributed by atoms with van der Waals surface area (Å²) in [5, 5.41) is 9.50. The van der Waals surface area contributed by atoms with Gasteiger partial charge in [-0.25, -0.2) is 0 Å². The number of nitrogens with zero attached hydrogens (tertiary/aromatic N) is 2. The van der Waals surface area contributed by atoms with Crippen molar-refractivity contribution in [2.75, 3.05) is 11.9 Å². The number of allylic oxidation sites excluding steroid dienone is 2. The Morgan fingerprint density at radius 3 is 2.62 bits per heavy atom. The standard InChI is InChI=1S/C19H20N2O2.ClH/c1-19(2)16-8-4-5-9-17(16)20(3)18(19)11-15(23)13-21-10-6-7-14(22)12-21;/h4-12H,13H2,1-3H3;1H. The Morgan fingerprint density at radius 1 is 1.25 bits per heavy atom. The van der Waals surface area contributed by atoms with Crippen molar-refractivity contribution in [3.05, 3.63) is 66.1 Å². The van der Waals surface area contributed by atoms with E-state index >= 15 is 0 Å². The number of aromatic nitrogens is 1. The lowest BCUT2D eigenvalue weighted by molar-refractivity contribution is -0.684. The Balaban J connectivity index is 0.00000208. The molecule has 2 aromatic rings. The van der Waals surface area contributed by atoms with Crippen LogP contribution in [0.15, 0.2) is 60.6 Å². The van der Waals surface area contributed by atoms with E-state index in [0.29, 0.717) is 0 Å². The van der Waals surface area contributed by atoms with Crippen molar-refractivity contribution in [2.24, 2.45) is 0 Å². The molecule has 0 saturated heterocycles. The highest BCUT2D eigenvalue weighted by molar-refractivity contribution is 5.91. The quantitative estimate of drug-likeness (QED) is 0.607. The summed E-state index contributed by atoms with van der Waals surface area (Å²) < 4.78 is 1.68. The third-order valence-corrected chi connectivity index (χ3v) is 4.42. The van der Waals surface area contributed by atoms with Crippen LogP contribution in [0.3, 0.4) is 0 Å². The monoisotopic (exact) mass is 344 g/mol. The second-order valence-corrected chi connectivity index (χ2v) is 6.43. The maximum atomic E-state index is 12.5. The first-order chi connectivity index (χ1) is 10.9. The number of benzene rings is 1. The summed E-state index contributed by atoms with van der Waals surface area (Å²) in [4.78, 5) is 14.5. The number of anilines is 1. The van der Waals surface area contributed by atoms with E-state index in [4.69, 9.17) is 0 Å². The molecular weight excluding hydrogens is 324 g/mol. The maximum absolute atomic E-state index is 12.5. The molecule has 24 heavy (non-hydrogen) atoms. The molecule has 3 rings (SSSR count). The van der Waals surface area contributed by atoms with Gasteiger partial charge < -0.3 is 22.4 Å². The van der Waals surface area contributed by atoms with Crippen molar-refractivity contribution in [3.63, 3.8) is 0 Å². The van der Waals surface area contributed by atoms with Crippen LogP contribution in [0.1, 0.15) is 19.4 Å². The van der Waals surface area contributed by atoms with E-state index in [9.17, 15) is 9.90 Å². The molecule has 1 aliphatic rings. The second kappa shape index (κ2) is 6.65. The molecule has 0 radical (unpaired) electrons. The third-order valence-electron chi connectivity index (χ3n) is 4.42. The molecule has 0 spiro atoms. The van der Waals surface area contributed by atoms with Gasteiger partial charge in [-0.2, -0.15) is 4.57 Å². The van der Waals surface area contributed by atoms with Gasteiger partial charge in [-0.15, -0.1) is 0 Å². The van der Waals surface area contributed by atoms with Crippen LogP contribution in [-0.2, 0) is 16.8 Å². The van der Waals surface area contributed by atoms with Crippen molar-refractivity contribution in [1.82, 2.24) is 0 Å². The molecule has 4 nitrogen and oxygen atoms in total. The zero-order valence-electron chi connectivity index (χ0n) is 14.0.